The van der Waals surface area contributed by atoms with Crippen molar-refractivity contribution in [3.63, 3.8) is 0 Å². The molecule has 0 aliphatic heterocycles. The first-order valence-electron chi connectivity index (χ1n) is 20.6. The minimum Gasteiger partial charge on any atom is -0.309 e. The Labute approximate surface area is 348 Å². The molecule has 0 atom stereocenters. The Morgan fingerprint density at radius 3 is 1.68 bits per heavy atom. The highest BCUT2D eigenvalue weighted by molar-refractivity contribution is 6.14. The van der Waals surface area contributed by atoms with Crippen molar-refractivity contribution in [1.82, 2.24) is 19.5 Å². The quantitative estimate of drug-likeness (QED) is 0.164. The molecule has 11 aromatic rings. The maximum Gasteiger partial charge on any atom is 0.164 e. The number of hydrogen-bond donors (Lipinski definition) is 0. The Kier molecular flexibility index (Phi) is 7.54. The van der Waals surface area contributed by atoms with Gasteiger partial charge in [-0.05, 0) is 91.3 Å². The number of benzene rings is 9. The zero-order chi connectivity index (χ0) is 40.0. The molecule has 282 valence electrons. The second-order valence-electron chi connectivity index (χ2n) is 16.4. The zero-order valence-corrected chi connectivity index (χ0v) is 33.3. The molecule has 2 heterocycles. The molecule has 9 aromatic carbocycles. The molecule has 0 unspecified atom stereocenters. The summed E-state index contributed by atoms with van der Waals surface area (Å²) in [5, 5.41) is 7.29. The average molecular weight is 767 g/mol. The number of hydrogen-bond acceptors (Lipinski definition) is 3. The third-order valence-corrected chi connectivity index (χ3v) is 12.6. The summed E-state index contributed by atoms with van der Waals surface area (Å²) in [6.07, 6.45) is 0. The molecule has 0 N–H and O–H groups in total. The van der Waals surface area contributed by atoms with Gasteiger partial charge >= 0.3 is 0 Å². The fourth-order valence-corrected chi connectivity index (χ4v) is 9.80. The number of nitrogens with zero attached hydrogens (tertiary/aromatic N) is 4. The van der Waals surface area contributed by atoms with E-state index in [1.807, 2.05) is 18.2 Å². The first kappa shape index (κ1) is 34.4. The van der Waals surface area contributed by atoms with Crippen LogP contribution in [-0.2, 0) is 5.41 Å². The molecule has 60 heavy (non-hydrogen) atoms. The van der Waals surface area contributed by atoms with Gasteiger partial charge in [-0.2, -0.15) is 0 Å². The monoisotopic (exact) mass is 766 g/mol. The summed E-state index contributed by atoms with van der Waals surface area (Å²) in [6, 6.07) is 69.7. The summed E-state index contributed by atoms with van der Waals surface area (Å²) in [4.78, 5) is 16.1. The van der Waals surface area contributed by atoms with Crippen LogP contribution in [0.3, 0.4) is 0 Å². The van der Waals surface area contributed by atoms with Gasteiger partial charge in [0.1, 0.15) is 0 Å². The molecule has 0 bridgehead atoms. The molecular formula is C56H38N4. The van der Waals surface area contributed by atoms with E-state index < -0.39 is 0 Å². The third kappa shape index (κ3) is 5.20. The summed E-state index contributed by atoms with van der Waals surface area (Å²) in [5.41, 5.74) is 13.3. The molecule has 0 fully saturated rings. The van der Waals surface area contributed by atoms with Crippen LogP contribution >= 0.6 is 0 Å². The number of fused-ring (bicyclic) bond motifs is 9. The van der Waals surface area contributed by atoms with Crippen LogP contribution < -0.4 is 0 Å². The lowest BCUT2D eigenvalue weighted by atomic mass is 9.82. The molecule has 1 aliphatic rings. The van der Waals surface area contributed by atoms with Crippen LogP contribution in [0.2, 0.25) is 0 Å². The van der Waals surface area contributed by atoms with Crippen molar-refractivity contribution < 1.29 is 0 Å². The van der Waals surface area contributed by atoms with E-state index in [1.54, 1.807) is 0 Å². The molecule has 0 spiro atoms. The lowest BCUT2D eigenvalue weighted by Crippen LogP contribution is -2.14. The van der Waals surface area contributed by atoms with Crippen molar-refractivity contribution in [2.45, 2.75) is 19.3 Å². The van der Waals surface area contributed by atoms with E-state index in [0.29, 0.717) is 17.5 Å². The molecule has 4 heteroatoms. The zero-order valence-electron chi connectivity index (χ0n) is 33.3. The number of rotatable bonds is 5. The van der Waals surface area contributed by atoms with Gasteiger partial charge in [-0.15, -0.1) is 0 Å². The first-order chi connectivity index (χ1) is 29.5. The summed E-state index contributed by atoms with van der Waals surface area (Å²) in [6.45, 7) is 4.63. The molecule has 12 rings (SSSR count). The van der Waals surface area contributed by atoms with Gasteiger partial charge in [-0.3, -0.25) is 0 Å². The second-order valence-corrected chi connectivity index (χ2v) is 16.4. The van der Waals surface area contributed by atoms with Crippen molar-refractivity contribution in [3.05, 3.63) is 205 Å². The SMILES string of the molecule is CC1(C)c2ccccc2-c2c(-c3nc(-c4ccccc4)nc(-c4cc(-c5cc6ccccc6c6ccccc56)cc(-n5c6ccccc6c6ccccc65)c4)n3)cccc21. The molecule has 0 amide bonds. The molecule has 2 aromatic heterocycles. The summed E-state index contributed by atoms with van der Waals surface area (Å²) in [5.74, 6) is 1.91. The molecule has 4 nitrogen and oxygen atoms in total. The number of para-hydroxylation sites is 2. The van der Waals surface area contributed by atoms with E-state index in [0.717, 1.165) is 44.5 Å². The Morgan fingerprint density at radius 1 is 0.367 bits per heavy atom. The van der Waals surface area contributed by atoms with E-state index in [4.69, 9.17) is 15.0 Å². The predicted octanol–water partition coefficient (Wildman–Crippen LogP) is 14.2. The van der Waals surface area contributed by atoms with Crippen molar-refractivity contribution in [2.75, 3.05) is 0 Å². The lowest BCUT2D eigenvalue weighted by Gasteiger charge is -2.21. The highest BCUT2D eigenvalue weighted by Crippen LogP contribution is 2.52. The summed E-state index contributed by atoms with van der Waals surface area (Å²) >= 11 is 0. The average Bonchev–Trinajstić information content (AvgIpc) is 3.77. The smallest absolute Gasteiger partial charge is 0.164 e. The van der Waals surface area contributed by atoms with Crippen LogP contribution in [0.4, 0.5) is 0 Å². The van der Waals surface area contributed by atoms with Gasteiger partial charge in [0.05, 0.1) is 11.0 Å². The largest absolute Gasteiger partial charge is 0.309 e. The van der Waals surface area contributed by atoms with Gasteiger partial charge in [0.25, 0.3) is 0 Å². The van der Waals surface area contributed by atoms with E-state index in [2.05, 4.69) is 194 Å². The van der Waals surface area contributed by atoms with Crippen LogP contribution in [0.15, 0.2) is 194 Å². The van der Waals surface area contributed by atoms with Crippen LogP contribution in [-0.4, -0.2) is 19.5 Å². The Morgan fingerprint density at radius 2 is 0.917 bits per heavy atom. The third-order valence-electron chi connectivity index (χ3n) is 12.6. The van der Waals surface area contributed by atoms with Gasteiger partial charge in [0, 0.05) is 38.6 Å². The van der Waals surface area contributed by atoms with E-state index in [9.17, 15) is 0 Å². The lowest BCUT2D eigenvalue weighted by molar-refractivity contribution is 0.660. The highest BCUT2D eigenvalue weighted by atomic mass is 15.0. The summed E-state index contributed by atoms with van der Waals surface area (Å²) in [7, 11) is 0. The maximum absolute atomic E-state index is 5.46. The maximum atomic E-state index is 5.46. The second kappa shape index (κ2) is 13.2. The highest BCUT2D eigenvalue weighted by Gasteiger charge is 2.37. The van der Waals surface area contributed by atoms with Crippen LogP contribution in [0.1, 0.15) is 25.0 Å². The molecule has 0 saturated heterocycles. The molecule has 0 saturated carbocycles. The van der Waals surface area contributed by atoms with Crippen molar-refractivity contribution >= 4 is 43.4 Å². The van der Waals surface area contributed by atoms with Gasteiger partial charge in [0.2, 0.25) is 0 Å². The van der Waals surface area contributed by atoms with Gasteiger partial charge in [0.15, 0.2) is 17.5 Å². The van der Waals surface area contributed by atoms with Crippen LogP contribution in [0.25, 0.3) is 105 Å². The minimum atomic E-state index is -0.159. The van der Waals surface area contributed by atoms with E-state index in [-0.39, 0.29) is 5.41 Å². The first-order valence-corrected chi connectivity index (χ1v) is 20.6. The predicted molar refractivity (Wildman–Crippen MR) is 248 cm³/mol. The van der Waals surface area contributed by atoms with E-state index >= 15 is 0 Å². The van der Waals surface area contributed by atoms with Crippen LogP contribution in [0, 0.1) is 0 Å². The molecular weight excluding hydrogens is 729 g/mol. The fourth-order valence-electron chi connectivity index (χ4n) is 9.80. The standard InChI is InChI=1S/C56H38N4/c1-56(2)48-27-13-10-25-45(48)52-46(26-16-28-49(52)56)55-58-53(35-17-4-3-5-18-35)57-54(59-55)38-31-37(47-34-36-19-6-7-20-40(36)41-21-8-9-22-42(41)47)32-39(33-38)60-50-29-14-11-23-43(50)44-24-12-15-30-51(44)60/h3-34H,1-2H3. The van der Waals surface area contributed by atoms with Gasteiger partial charge in [-0.1, -0.05) is 172 Å². The molecule has 1 aliphatic carbocycles. The topological polar surface area (TPSA) is 43.6 Å². The Bertz CT molecular complexity index is 3470. The van der Waals surface area contributed by atoms with Crippen molar-refractivity contribution in [2.24, 2.45) is 0 Å². The van der Waals surface area contributed by atoms with E-state index in [1.165, 1.54) is 54.6 Å². The normalized spacial score (nSPS) is 13.0. The van der Waals surface area contributed by atoms with Gasteiger partial charge in [-0.25, -0.2) is 15.0 Å². The van der Waals surface area contributed by atoms with Crippen LogP contribution in [0.5, 0.6) is 0 Å². The fraction of sp³-hybridized carbons (Fsp3) is 0.0536. The van der Waals surface area contributed by atoms with Gasteiger partial charge < -0.3 is 4.57 Å². The number of aromatic nitrogens is 4. The minimum absolute atomic E-state index is 0.159. The Balaban J connectivity index is 1.17. The van der Waals surface area contributed by atoms with Crippen molar-refractivity contribution in [3.8, 4) is 62.1 Å². The Hall–Kier alpha value is -7.69. The summed E-state index contributed by atoms with van der Waals surface area (Å²) < 4.78 is 2.39. The van der Waals surface area contributed by atoms with Crippen molar-refractivity contribution in [1.29, 1.82) is 0 Å². The molecule has 0 radical (unpaired) electrons.